The SMILES string of the molecule is Cc1ccc(C(=O)NC(Cc2ccccc2)P(=O)(O)CC(=O)N[C@@H](CC(C)C)C(=O)N[C@@H](CC=Cc2ccccc2)C(N)=O)s1. The van der Waals surface area contributed by atoms with Gasteiger partial charge in [0.15, 0.2) is 0 Å². The molecule has 0 bridgehead atoms. The molecule has 0 aliphatic heterocycles. The third kappa shape index (κ3) is 11.8. The van der Waals surface area contributed by atoms with Crippen LogP contribution in [0.25, 0.3) is 6.08 Å². The van der Waals surface area contributed by atoms with Gasteiger partial charge in [-0.2, -0.15) is 0 Å². The Hall–Kier alpha value is -4.05. The summed E-state index contributed by atoms with van der Waals surface area (Å²) in [5.74, 6) is -4.01. The van der Waals surface area contributed by atoms with Gasteiger partial charge < -0.3 is 26.6 Å². The molecule has 2 unspecified atom stereocenters. The van der Waals surface area contributed by atoms with Gasteiger partial charge in [0.1, 0.15) is 24.0 Å². The number of aryl methyl sites for hydroxylation is 1. The van der Waals surface area contributed by atoms with Crippen molar-refractivity contribution in [1.82, 2.24) is 16.0 Å². The van der Waals surface area contributed by atoms with E-state index < -0.39 is 55.0 Å². The molecule has 0 fully saturated rings. The van der Waals surface area contributed by atoms with Crippen molar-refractivity contribution in [2.45, 2.75) is 57.9 Å². The average Bonchev–Trinajstić information content (AvgIpc) is 3.42. The lowest BCUT2D eigenvalue weighted by atomic mass is 10.0. The van der Waals surface area contributed by atoms with Gasteiger partial charge in [-0.25, -0.2) is 0 Å². The molecule has 0 spiro atoms. The van der Waals surface area contributed by atoms with Crippen molar-refractivity contribution in [2.75, 3.05) is 6.16 Å². The van der Waals surface area contributed by atoms with Crippen LogP contribution in [0, 0.1) is 12.8 Å². The molecule has 3 aromatic rings. The zero-order chi connectivity index (χ0) is 33.0. The number of thiophene rings is 1. The van der Waals surface area contributed by atoms with Gasteiger partial charge in [0.25, 0.3) is 5.91 Å². The second kappa shape index (κ2) is 16.9. The zero-order valence-electron chi connectivity index (χ0n) is 25.6. The summed E-state index contributed by atoms with van der Waals surface area (Å²) in [7, 11) is -4.35. The highest BCUT2D eigenvalue weighted by atomic mass is 32.1. The molecule has 0 saturated heterocycles. The van der Waals surface area contributed by atoms with Gasteiger partial charge in [0, 0.05) is 11.3 Å². The molecule has 1 aromatic heterocycles. The van der Waals surface area contributed by atoms with Gasteiger partial charge in [0.2, 0.25) is 25.1 Å². The van der Waals surface area contributed by atoms with Crippen LogP contribution in [0.15, 0.2) is 78.9 Å². The number of hydrogen-bond donors (Lipinski definition) is 5. The fourth-order valence-electron chi connectivity index (χ4n) is 4.59. The number of benzene rings is 2. The van der Waals surface area contributed by atoms with E-state index in [2.05, 4.69) is 16.0 Å². The highest BCUT2D eigenvalue weighted by Crippen LogP contribution is 2.46. The smallest absolute Gasteiger partial charge is 0.262 e. The van der Waals surface area contributed by atoms with E-state index in [1.807, 2.05) is 51.1 Å². The third-order valence-electron chi connectivity index (χ3n) is 6.89. The topological polar surface area (TPSA) is 168 Å². The minimum absolute atomic E-state index is 0.0185. The van der Waals surface area contributed by atoms with Crippen molar-refractivity contribution in [3.05, 3.63) is 99.8 Å². The number of hydrogen-bond acceptors (Lipinski definition) is 6. The molecule has 1 heterocycles. The van der Waals surface area contributed by atoms with Crippen molar-refractivity contribution < 1.29 is 28.6 Å². The molecule has 3 rings (SSSR count). The Labute approximate surface area is 268 Å². The Morgan fingerprint density at radius 1 is 0.911 bits per heavy atom. The first-order chi connectivity index (χ1) is 21.3. The second-order valence-electron chi connectivity index (χ2n) is 11.3. The maximum Gasteiger partial charge on any atom is 0.262 e. The average molecular weight is 653 g/mol. The van der Waals surface area contributed by atoms with E-state index in [0.717, 1.165) is 10.4 Å². The molecule has 0 aliphatic carbocycles. The summed E-state index contributed by atoms with van der Waals surface area (Å²) < 4.78 is 13.7. The number of nitrogens with two attached hydrogens (primary N) is 1. The van der Waals surface area contributed by atoms with E-state index in [1.165, 1.54) is 11.3 Å². The first-order valence-corrected chi connectivity index (χ1v) is 17.4. The van der Waals surface area contributed by atoms with E-state index in [1.54, 1.807) is 54.6 Å². The Morgan fingerprint density at radius 2 is 1.56 bits per heavy atom. The largest absolute Gasteiger partial charge is 0.368 e. The Kier molecular flexibility index (Phi) is 13.3. The predicted octanol–water partition coefficient (Wildman–Crippen LogP) is 4.23. The van der Waals surface area contributed by atoms with Gasteiger partial charge in [-0.1, -0.05) is 86.7 Å². The van der Waals surface area contributed by atoms with Crippen LogP contribution in [0.4, 0.5) is 0 Å². The summed E-state index contributed by atoms with van der Waals surface area (Å²) in [6, 6.07) is 19.6. The quantitative estimate of drug-likeness (QED) is 0.145. The molecule has 10 nitrogen and oxygen atoms in total. The molecule has 0 aliphatic rings. The summed E-state index contributed by atoms with van der Waals surface area (Å²) in [6.07, 6.45) is 3.06. The molecule has 240 valence electrons. The Balaban J connectivity index is 1.72. The van der Waals surface area contributed by atoms with Crippen molar-refractivity contribution in [2.24, 2.45) is 11.7 Å². The summed E-state index contributed by atoms with van der Waals surface area (Å²) in [5.41, 5.74) is 7.17. The standard InChI is InChI=1S/C33H41N4O6PS/c1-22(2)19-27(32(40)36-26(31(34)39)16-10-15-24-11-6-4-7-12-24)35-29(38)21-44(42,43)30(20-25-13-8-5-9-14-25)37-33(41)28-18-17-23(3)45-28/h4-15,17-18,22,26-27,30H,16,19-21H2,1-3H3,(H2,34,39)(H,35,38)(H,36,40)(H,37,41)(H,42,43)/t26-,27-,30?/m0/s1. The lowest BCUT2D eigenvalue weighted by molar-refractivity contribution is -0.131. The van der Waals surface area contributed by atoms with Crippen LogP contribution in [0.2, 0.25) is 0 Å². The first kappa shape index (κ1) is 35.4. The van der Waals surface area contributed by atoms with E-state index in [0.29, 0.717) is 10.4 Å². The molecular weight excluding hydrogens is 611 g/mol. The van der Waals surface area contributed by atoms with Gasteiger partial charge in [-0.3, -0.25) is 23.7 Å². The lowest BCUT2D eigenvalue weighted by Crippen LogP contribution is -2.53. The maximum absolute atomic E-state index is 13.7. The third-order valence-corrected chi connectivity index (χ3v) is 9.92. The number of primary amides is 1. The molecule has 4 atom stereocenters. The number of carbonyl (C=O) groups excluding carboxylic acids is 4. The summed E-state index contributed by atoms with van der Waals surface area (Å²) in [5, 5.41) is 7.85. The second-order valence-corrected chi connectivity index (χ2v) is 15.0. The van der Waals surface area contributed by atoms with Crippen molar-refractivity contribution >= 4 is 48.4 Å². The van der Waals surface area contributed by atoms with Crippen LogP contribution in [-0.4, -0.2) is 52.6 Å². The fraction of sp³-hybridized carbons (Fsp3) is 0.333. The van der Waals surface area contributed by atoms with E-state index in [-0.39, 0.29) is 25.2 Å². The molecule has 0 saturated carbocycles. The fourth-order valence-corrected chi connectivity index (χ4v) is 6.90. The molecule has 6 N–H and O–H groups in total. The van der Waals surface area contributed by atoms with Crippen LogP contribution in [0.1, 0.15) is 52.4 Å². The summed E-state index contributed by atoms with van der Waals surface area (Å²) in [6.45, 7) is 5.56. The van der Waals surface area contributed by atoms with Gasteiger partial charge >= 0.3 is 0 Å². The van der Waals surface area contributed by atoms with Crippen LogP contribution in [0.3, 0.4) is 0 Å². The van der Waals surface area contributed by atoms with Crippen LogP contribution in [-0.2, 0) is 25.4 Å². The first-order valence-electron chi connectivity index (χ1n) is 14.7. The van der Waals surface area contributed by atoms with Gasteiger partial charge in [0.05, 0.1) is 4.88 Å². The molecule has 0 radical (unpaired) electrons. The highest BCUT2D eigenvalue weighted by Gasteiger charge is 2.36. The van der Waals surface area contributed by atoms with Gasteiger partial charge in [-0.15, -0.1) is 11.3 Å². The lowest BCUT2D eigenvalue weighted by Gasteiger charge is -2.26. The molecule has 2 aromatic carbocycles. The maximum atomic E-state index is 13.7. The zero-order valence-corrected chi connectivity index (χ0v) is 27.4. The number of amides is 4. The monoisotopic (exact) mass is 652 g/mol. The minimum Gasteiger partial charge on any atom is -0.368 e. The summed E-state index contributed by atoms with van der Waals surface area (Å²) in [4.78, 5) is 64.0. The number of nitrogens with one attached hydrogen (secondary N) is 3. The molecule has 45 heavy (non-hydrogen) atoms. The minimum atomic E-state index is -4.35. The van der Waals surface area contributed by atoms with Crippen LogP contribution >= 0.6 is 18.7 Å². The predicted molar refractivity (Wildman–Crippen MR) is 178 cm³/mol. The molecule has 12 heteroatoms. The normalized spacial score (nSPS) is 14.7. The Bertz CT molecular complexity index is 1530. The summed E-state index contributed by atoms with van der Waals surface area (Å²) >= 11 is 1.25. The van der Waals surface area contributed by atoms with Crippen molar-refractivity contribution in [3.8, 4) is 0 Å². The Morgan fingerprint density at radius 3 is 2.13 bits per heavy atom. The van der Waals surface area contributed by atoms with E-state index >= 15 is 0 Å². The van der Waals surface area contributed by atoms with Crippen LogP contribution in [0.5, 0.6) is 0 Å². The number of carbonyl (C=O) groups is 4. The van der Waals surface area contributed by atoms with Crippen molar-refractivity contribution in [1.29, 1.82) is 0 Å². The molecule has 4 amide bonds. The molecular formula is C33H41N4O6PS. The van der Waals surface area contributed by atoms with Crippen molar-refractivity contribution in [3.63, 3.8) is 0 Å². The van der Waals surface area contributed by atoms with Gasteiger partial charge in [-0.05, 0) is 48.9 Å². The number of rotatable bonds is 16. The van der Waals surface area contributed by atoms with E-state index in [4.69, 9.17) is 5.73 Å². The highest BCUT2D eigenvalue weighted by molar-refractivity contribution is 7.59. The van der Waals surface area contributed by atoms with Crippen LogP contribution < -0.4 is 21.7 Å². The van der Waals surface area contributed by atoms with E-state index in [9.17, 15) is 28.6 Å².